The SMILES string of the molecule is O=C(NC[C@@H](O)c1c(Cl)cccc1Cl)c1cnc[nH]1. The Morgan fingerprint density at radius 1 is 1.42 bits per heavy atom. The van der Waals surface area contributed by atoms with Crippen LogP contribution in [-0.4, -0.2) is 27.5 Å². The van der Waals surface area contributed by atoms with Crippen molar-refractivity contribution in [2.45, 2.75) is 6.10 Å². The predicted molar refractivity (Wildman–Crippen MR) is 72.3 cm³/mol. The average molecular weight is 300 g/mol. The van der Waals surface area contributed by atoms with Crippen LogP contribution >= 0.6 is 23.2 Å². The molecule has 0 aliphatic heterocycles. The summed E-state index contributed by atoms with van der Waals surface area (Å²) in [5.74, 6) is -0.361. The molecule has 1 aromatic heterocycles. The number of nitrogens with one attached hydrogen (secondary N) is 2. The monoisotopic (exact) mass is 299 g/mol. The van der Waals surface area contributed by atoms with Crippen LogP contribution in [-0.2, 0) is 0 Å². The summed E-state index contributed by atoms with van der Waals surface area (Å²) in [5.41, 5.74) is 0.716. The number of aromatic amines is 1. The highest BCUT2D eigenvalue weighted by atomic mass is 35.5. The number of halogens is 2. The van der Waals surface area contributed by atoms with Gasteiger partial charge in [-0.05, 0) is 12.1 Å². The lowest BCUT2D eigenvalue weighted by molar-refractivity contribution is 0.0912. The highest BCUT2D eigenvalue weighted by Gasteiger charge is 2.17. The van der Waals surface area contributed by atoms with Crippen molar-refractivity contribution in [1.29, 1.82) is 0 Å². The maximum absolute atomic E-state index is 11.7. The van der Waals surface area contributed by atoms with Crippen molar-refractivity contribution in [3.05, 3.63) is 52.0 Å². The number of rotatable bonds is 4. The molecule has 1 amide bonds. The van der Waals surface area contributed by atoms with Gasteiger partial charge in [0.05, 0.1) is 18.6 Å². The van der Waals surface area contributed by atoms with Crippen molar-refractivity contribution in [2.75, 3.05) is 6.54 Å². The van der Waals surface area contributed by atoms with Gasteiger partial charge in [-0.15, -0.1) is 0 Å². The van der Waals surface area contributed by atoms with Crippen molar-refractivity contribution >= 4 is 29.1 Å². The number of imidazole rings is 1. The Hall–Kier alpha value is -1.56. The summed E-state index contributed by atoms with van der Waals surface area (Å²) >= 11 is 11.9. The smallest absolute Gasteiger partial charge is 0.269 e. The molecule has 7 heteroatoms. The molecular weight excluding hydrogens is 289 g/mol. The predicted octanol–water partition coefficient (Wildman–Crippen LogP) is 2.18. The number of nitrogens with zero attached hydrogens (tertiary/aromatic N) is 1. The molecule has 1 atom stereocenters. The zero-order valence-electron chi connectivity index (χ0n) is 9.73. The molecule has 5 nitrogen and oxygen atoms in total. The van der Waals surface area contributed by atoms with Gasteiger partial charge in [-0.2, -0.15) is 0 Å². The Labute approximate surface area is 119 Å². The quantitative estimate of drug-likeness (QED) is 0.810. The molecular formula is C12H11Cl2N3O2. The molecule has 2 aromatic rings. The molecule has 0 spiro atoms. The molecule has 1 aromatic carbocycles. The number of aliphatic hydroxyl groups is 1. The fourth-order valence-corrected chi connectivity index (χ4v) is 2.25. The van der Waals surface area contributed by atoms with E-state index in [1.54, 1.807) is 18.2 Å². The van der Waals surface area contributed by atoms with Crippen molar-refractivity contribution in [2.24, 2.45) is 0 Å². The molecule has 0 saturated heterocycles. The van der Waals surface area contributed by atoms with Gasteiger partial charge in [0.2, 0.25) is 0 Å². The first-order valence-electron chi connectivity index (χ1n) is 5.48. The minimum atomic E-state index is -0.979. The third kappa shape index (κ3) is 3.26. The molecule has 100 valence electrons. The molecule has 0 bridgehead atoms. The largest absolute Gasteiger partial charge is 0.386 e. The van der Waals surface area contributed by atoms with E-state index < -0.39 is 6.10 Å². The van der Waals surface area contributed by atoms with E-state index in [0.29, 0.717) is 21.3 Å². The molecule has 0 fully saturated rings. The minimum absolute atomic E-state index is 0.00130. The van der Waals surface area contributed by atoms with Crippen LogP contribution in [0.2, 0.25) is 10.0 Å². The van der Waals surface area contributed by atoms with Crippen LogP contribution in [0.4, 0.5) is 0 Å². The number of hydrogen-bond acceptors (Lipinski definition) is 3. The molecule has 0 aliphatic rings. The lowest BCUT2D eigenvalue weighted by Gasteiger charge is -2.14. The van der Waals surface area contributed by atoms with E-state index in [0.717, 1.165) is 0 Å². The Morgan fingerprint density at radius 3 is 2.68 bits per heavy atom. The van der Waals surface area contributed by atoms with Crippen LogP contribution < -0.4 is 5.32 Å². The van der Waals surface area contributed by atoms with E-state index in [1.165, 1.54) is 12.5 Å². The molecule has 19 heavy (non-hydrogen) atoms. The topological polar surface area (TPSA) is 78.0 Å². The lowest BCUT2D eigenvalue weighted by Crippen LogP contribution is -2.28. The Kier molecular flexibility index (Phi) is 4.42. The first kappa shape index (κ1) is 13.9. The summed E-state index contributed by atoms with van der Waals surface area (Å²) < 4.78 is 0. The van der Waals surface area contributed by atoms with Gasteiger partial charge < -0.3 is 15.4 Å². The fraction of sp³-hybridized carbons (Fsp3) is 0.167. The highest BCUT2D eigenvalue weighted by molar-refractivity contribution is 6.36. The number of H-pyrrole nitrogens is 1. The third-order valence-electron chi connectivity index (χ3n) is 2.53. The van der Waals surface area contributed by atoms with Crippen molar-refractivity contribution in [3.8, 4) is 0 Å². The van der Waals surface area contributed by atoms with Crippen LogP contribution in [0, 0.1) is 0 Å². The number of aromatic nitrogens is 2. The van der Waals surface area contributed by atoms with Gasteiger partial charge in [0, 0.05) is 22.2 Å². The first-order chi connectivity index (χ1) is 9.09. The zero-order valence-corrected chi connectivity index (χ0v) is 11.2. The van der Waals surface area contributed by atoms with Crippen molar-refractivity contribution in [3.63, 3.8) is 0 Å². The second-order valence-corrected chi connectivity index (χ2v) is 4.64. The Morgan fingerprint density at radius 2 is 2.11 bits per heavy atom. The summed E-state index contributed by atoms with van der Waals surface area (Å²) in [4.78, 5) is 18.1. The number of benzene rings is 1. The van der Waals surface area contributed by atoms with Crippen molar-refractivity contribution < 1.29 is 9.90 Å². The maximum atomic E-state index is 11.7. The molecule has 0 saturated carbocycles. The van der Waals surface area contributed by atoms with E-state index >= 15 is 0 Å². The molecule has 3 N–H and O–H groups in total. The first-order valence-corrected chi connectivity index (χ1v) is 6.23. The van der Waals surface area contributed by atoms with Crippen LogP contribution in [0.15, 0.2) is 30.7 Å². The second kappa shape index (κ2) is 6.06. The standard InChI is InChI=1S/C12H11Cl2N3O2/c13-7-2-1-3-8(14)11(7)10(18)5-16-12(19)9-4-15-6-17-9/h1-4,6,10,18H,5H2,(H,15,17)(H,16,19)/t10-/m1/s1. The zero-order chi connectivity index (χ0) is 13.8. The molecule has 0 aliphatic carbocycles. The Balaban J connectivity index is 2.02. The number of carbonyl (C=O) groups excluding carboxylic acids is 1. The van der Waals surface area contributed by atoms with Crippen molar-refractivity contribution in [1.82, 2.24) is 15.3 Å². The molecule has 0 radical (unpaired) electrons. The molecule has 0 unspecified atom stereocenters. The van der Waals surface area contributed by atoms with Crippen LogP contribution in [0.1, 0.15) is 22.2 Å². The van der Waals surface area contributed by atoms with E-state index in [1.807, 2.05) is 0 Å². The van der Waals surface area contributed by atoms with Gasteiger partial charge >= 0.3 is 0 Å². The minimum Gasteiger partial charge on any atom is -0.386 e. The number of carbonyl (C=O) groups is 1. The average Bonchev–Trinajstić information content (AvgIpc) is 2.89. The normalized spacial score (nSPS) is 12.2. The van der Waals surface area contributed by atoms with E-state index in [-0.39, 0.29) is 12.5 Å². The summed E-state index contributed by atoms with van der Waals surface area (Å²) in [5, 5.41) is 13.3. The van der Waals surface area contributed by atoms with E-state index in [2.05, 4.69) is 15.3 Å². The van der Waals surface area contributed by atoms with E-state index in [9.17, 15) is 9.90 Å². The van der Waals surface area contributed by atoms with Crippen LogP contribution in [0.3, 0.4) is 0 Å². The molecule has 1 heterocycles. The summed E-state index contributed by atoms with van der Waals surface area (Å²) in [6.07, 6.45) is 1.81. The van der Waals surface area contributed by atoms with Crippen LogP contribution in [0.25, 0.3) is 0 Å². The van der Waals surface area contributed by atoms with Gasteiger partial charge in [0.15, 0.2) is 0 Å². The van der Waals surface area contributed by atoms with Gasteiger partial charge in [0.1, 0.15) is 5.69 Å². The van der Waals surface area contributed by atoms with Gasteiger partial charge in [-0.3, -0.25) is 4.79 Å². The maximum Gasteiger partial charge on any atom is 0.269 e. The van der Waals surface area contributed by atoms with Gasteiger partial charge in [-0.1, -0.05) is 29.3 Å². The summed E-state index contributed by atoms with van der Waals surface area (Å²) in [6, 6.07) is 4.94. The number of hydrogen-bond donors (Lipinski definition) is 3. The van der Waals surface area contributed by atoms with Gasteiger partial charge in [0.25, 0.3) is 5.91 Å². The number of aliphatic hydroxyl groups excluding tert-OH is 1. The van der Waals surface area contributed by atoms with Crippen LogP contribution in [0.5, 0.6) is 0 Å². The lowest BCUT2D eigenvalue weighted by atomic mass is 10.1. The molecule has 2 rings (SSSR count). The second-order valence-electron chi connectivity index (χ2n) is 3.83. The Bertz CT molecular complexity index is 552. The van der Waals surface area contributed by atoms with Gasteiger partial charge in [-0.25, -0.2) is 4.98 Å². The summed E-state index contributed by atoms with van der Waals surface area (Å²) in [7, 11) is 0. The highest BCUT2D eigenvalue weighted by Crippen LogP contribution is 2.29. The fourth-order valence-electron chi connectivity index (χ4n) is 1.60. The summed E-state index contributed by atoms with van der Waals surface area (Å²) in [6.45, 7) is 0.00130. The number of amides is 1. The van der Waals surface area contributed by atoms with E-state index in [4.69, 9.17) is 23.2 Å². The third-order valence-corrected chi connectivity index (χ3v) is 3.19.